The zero-order valence-corrected chi connectivity index (χ0v) is 8.08. The van der Waals surface area contributed by atoms with Gasteiger partial charge in [0.25, 0.3) is 0 Å². The van der Waals surface area contributed by atoms with Crippen LogP contribution in [-0.4, -0.2) is 44.7 Å². The molecule has 0 spiro atoms. The largest absolute Gasteiger partial charge is 0.394 e. The molecule has 76 valence electrons. The molecule has 0 fully saturated rings. The number of aliphatic hydroxyl groups excluding tert-OH is 1. The van der Waals surface area contributed by atoms with Crippen LogP contribution in [0.25, 0.3) is 0 Å². The van der Waals surface area contributed by atoms with E-state index in [9.17, 15) is 0 Å². The van der Waals surface area contributed by atoms with Gasteiger partial charge in [-0.1, -0.05) is 13.8 Å². The van der Waals surface area contributed by atoms with Crippen LogP contribution in [0.2, 0.25) is 0 Å². The molecule has 0 aliphatic heterocycles. The third-order valence-corrected chi connectivity index (χ3v) is 0.870. The number of rotatable bonds is 7. The molecule has 0 aromatic rings. The number of ether oxygens (including phenoxy) is 2. The molecule has 0 unspecified atom stereocenters. The lowest BCUT2D eigenvalue weighted by Crippen LogP contribution is -2.12. The molecular weight excluding hydrogens is 158 g/mol. The van der Waals surface area contributed by atoms with Gasteiger partial charge in [-0.2, -0.15) is 0 Å². The molecule has 3 N–H and O–H groups in total. The molecule has 0 saturated heterocycles. The molecule has 0 aromatic heterocycles. The minimum Gasteiger partial charge on any atom is -0.394 e. The summed E-state index contributed by atoms with van der Waals surface area (Å²) in [5.74, 6) is 0. The monoisotopic (exact) mass is 179 g/mol. The van der Waals surface area contributed by atoms with Crippen molar-refractivity contribution in [1.29, 1.82) is 0 Å². The fraction of sp³-hybridized carbons (Fsp3) is 1.00. The standard InChI is InChI=1S/C6H15NO3.C2H6/c7-1-3-9-5-6-10-4-2-8;1-2/h8H,1-7H2;1-2H3. The summed E-state index contributed by atoms with van der Waals surface area (Å²) in [6.45, 7) is 6.64. The van der Waals surface area contributed by atoms with Crippen LogP contribution in [0.15, 0.2) is 0 Å². The molecule has 0 aliphatic rings. The molecule has 0 rings (SSSR count). The molecule has 0 aromatic carbocycles. The van der Waals surface area contributed by atoms with Crippen molar-refractivity contribution >= 4 is 0 Å². The van der Waals surface area contributed by atoms with Gasteiger partial charge >= 0.3 is 0 Å². The summed E-state index contributed by atoms with van der Waals surface area (Å²) in [5.41, 5.74) is 5.16. The highest BCUT2D eigenvalue weighted by molar-refractivity contribution is 4.32. The van der Waals surface area contributed by atoms with Crippen molar-refractivity contribution in [2.45, 2.75) is 13.8 Å². The van der Waals surface area contributed by atoms with Gasteiger partial charge in [0, 0.05) is 6.54 Å². The predicted molar refractivity (Wildman–Crippen MR) is 49.1 cm³/mol. The van der Waals surface area contributed by atoms with Crippen molar-refractivity contribution in [3.8, 4) is 0 Å². The fourth-order valence-electron chi connectivity index (χ4n) is 0.470. The molecule has 0 heterocycles. The van der Waals surface area contributed by atoms with E-state index in [1.165, 1.54) is 0 Å². The first-order valence-corrected chi connectivity index (χ1v) is 4.38. The third kappa shape index (κ3) is 16.4. The van der Waals surface area contributed by atoms with Gasteiger partial charge in [-0.05, 0) is 0 Å². The molecule has 0 radical (unpaired) electrons. The second-order valence-corrected chi connectivity index (χ2v) is 1.74. The van der Waals surface area contributed by atoms with E-state index in [0.717, 1.165) is 0 Å². The summed E-state index contributed by atoms with van der Waals surface area (Å²) < 4.78 is 9.91. The lowest BCUT2D eigenvalue weighted by molar-refractivity contribution is 0.0354. The van der Waals surface area contributed by atoms with Crippen molar-refractivity contribution in [2.75, 3.05) is 39.6 Å². The van der Waals surface area contributed by atoms with Crippen molar-refractivity contribution in [3.05, 3.63) is 0 Å². The zero-order valence-electron chi connectivity index (χ0n) is 8.08. The number of nitrogens with two attached hydrogens (primary N) is 1. The summed E-state index contributed by atoms with van der Waals surface area (Å²) >= 11 is 0. The van der Waals surface area contributed by atoms with E-state index in [4.69, 9.17) is 20.3 Å². The first-order chi connectivity index (χ1) is 5.91. The molecule has 4 heteroatoms. The molecule has 0 atom stereocenters. The normalized spacial score (nSPS) is 9.00. The second-order valence-electron chi connectivity index (χ2n) is 1.74. The molecule has 0 amide bonds. The van der Waals surface area contributed by atoms with E-state index in [1.54, 1.807) is 0 Å². The number of hydrogen-bond donors (Lipinski definition) is 2. The highest BCUT2D eigenvalue weighted by Crippen LogP contribution is 1.76. The van der Waals surface area contributed by atoms with Crippen molar-refractivity contribution < 1.29 is 14.6 Å². The Hall–Kier alpha value is -0.160. The summed E-state index contributed by atoms with van der Waals surface area (Å²) in [7, 11) is 0. The van der Waals surface area contributed by atoms with Gasteiger partial charge in [0.2, 0.25) is 0 Å². The van der Waals surface area contributed by atoms with E-state index >= 15 is 0 Å². The Labute approximate surface area is 74.7 Å². The topological polar surface area (TPSA) is 64.7 Å². The van der Waals surface area contributed by atoms with E-state index in [2.05, 4.69) is 0 Å². The van der Waals surface area contributed by atoms with Gasteiger partial charge in [0.1, 0.15) is 0 Å². The van der Waals surface area contributed by atoms with Crippen LogP contribution in [0.3, 0.4) is 0 Å². The van der Waals surface area contributed by atoms with Crippen molar-refractivity contribution in [2.24, 2.45) is 5.73 Å². The molecule has 0 aliphatic carbocycles. The van der Waals surface area contributed by atoms with Crippen LogP contribution in [0.1, 0.15) is 13.8 Å². The van der Waals surface area contributed by atoms with E-state index < -0.39 is 0 Å². The van der Waals surface area contributed by atoms with Gasteiger partial charge < -0.3 is 20.3 Å². The van der Waals surface area contributed by atoms with Gasteiger partial charge in [0.05, 0.1) is 33.0 Å². The van der Waals surface area contributed by atoms with Gasteiger partial charge in [0.15, 0.2) is 0 Å². The lowest BCUT2D eigenvalue weighted by Gasteiger charge is -2.02. The molecule has 0 saturated carbocycles. The maximum absolute atomic E-state index is 8.28. The summed E-state index contributed by atoms with van der Waals surface area (Å²) in [6.07, 6.45) is 0. The summed E-state index contributed by atoms with van der Waals surface area (Å²) in [5, 5.41) is 8.28. The quantitative estimate of drug-likeness (QED) is 0.540. The minimum atomic E-state index is 0.0664. The van der Waals surface area contributed by atoms with Gasteiger partial charge in [-0.25, -0.2) is 0 Å². The lowest BCUT2D eigenvalue weighted by atomic mass is 10.7. The van der Waals surface area contributed by atoms with E-state index in [1.807, 2.05) is 13.8 Å². The van der Waals surface area contributed by atoms with Crippen LogP contribution in [0, 0.1) is 0 Å². The summed E-state index contributed by atoms with van der Waals surface area (Å²) in [4.78, 5) is 0. The van der Waals surface area contributed by atoms with Crippen molar-refractivity contribution in [3.63, 3.8) is 0 Å². The Kier molecular flexibility index (Phi) is 20.4. The molecule has 12 heavy (non-hydrogen) atoms. The average Bonchev–Trinajstić information content (AvgIpc) is 2.15. The van der Waals surface area contributed by atoms with Crippen LogP contribution in [-0.2, 0) is 9.47 Å². The van der Waals surface area contributed by atoms with Crippen LogP contribution >= 0.6 is 0 Å². The first-order valence-electron chi connectivity index (χ1n) is 4.38. The van der Waals surface area contributed by atoms with Crippen LogP contribution in [0.5, 0.6) is 0 Å². The Morgan fingerprint density at radius 1 is 1.00 bits per heavy atom. The summed E-state index contributed by atoms with van der Waals surface area (Å²) in [6, 6.07) is 0. The Morgan fingerprint density at radius 2 is 1.50 bits per heavy atom. The van der Waals surface area contributed by atoms with E-state index in [-0.39, 0.29) is 6.61 Å². The second kappa shape index (κ2) is 17.1. The van der Waals surface area contributed by atoms with E-state index in [0.29, 0.717) is 33.0 Å². The average molecular weight is 179 g/mol. The zero-order chi connectivity index (χ0) is 9.66. The highest BCUT2D eigenvalue weighted by atomic mass is 16.5. The maximum Gasteiger partial charge on any atom is 0.0701 e. The Balaban J connectivity index is 0. The first kappa shape index (κ1) is 14.4. The number of hydrogen-bond acceptors (Lipinski definition) is 4. The van der Waals surface area contributed by atoms with Gasteiger partial charge in [-0.15, -0.1) is 0 Å². The third-order valence-electron chi connectivity index (χ3n) is 0.870. The maximum atomic E-state index is 8.28. The van der Waals surface area contributed by atoms with Crippen molar-refractivity contribution in [1.82, 2.24) is 0 Å². The number of aliphatic hydroxyl groups is 1. The molecule has 0 bridgehead atoms. The minimum absolute atomic E-state index is 0.0664. The Bertz CT molecular complexity index is 54.3. The SMILES string of the molecule is CC.NCCOCCOCCO. The highest BCUT2D eigenvalue weighted by Gasteiger charge is 1.86. The fourth-order valence-corrected chi connectivity index (χ4v) is 0.470. The van der Waals surface area contributed by atoms with Crippen LogP contribution < -0.4 is 5.73 Å². The van der Waals surface area contributed by atoms with Gasteiger partial charge in [-0.3, -0.25) is 0 Å². The smallest absolute Gasteiger partial charge is 0.0701 e. The Morgan fingerprint density at radius 3 is 1.92 bits per heavy atom. The predicted octanol–water partition coefficient (Wildman–Crippen LogP) is -0.00320. The molecule has 4 nitrogen and oxygen atoms in total. The molecular formula is C8H21NO3. The van der Waals surface area contributed by atoms with Crippen LogP contribution in [0.4, 0.5) is 0 Å².